The maximum absolute atomic E-state index is 12.3. The molecule has 2 aliphatic heterocycles. The molecule has 0 aromatic heterocycles. The maximum Gasteiger partial charge on any atom is 0.239 e. The number of hydrogen-bond acceptors (Lipinski definition) is 4. The Morgan fingerprint density at radius 3 is 2.79 bits per heavy atom. The van der Waals surface area contributed by atoms with Crippen LogP contribution in [-0.4, -0.2) is 72.5 Å². The Hall–Kier alpha value is -0.260. The van der Waals surface area contributed by atoms with Gasteiger partial charge in [-0.2, -0.15) is 11.8 Å². The molecule has 0 bridgehead atoms. The van der Waals surface area contributed by atoms with Crippen LogP contribution < -0.4 is 5.32 Å². The summed E-state index contributed by atoms with van der Waals surface area (Å²) in [5.74, 6) is 2.81. The number of likely N-dealkylation sites (tertiary alicyclic amines) is 1. The topological polar surface area (TPSA) is 35.6 Å². The second-order valence-corrected chi connectivity index (χ2v) is 6.65. The van der Waals surface area contributed by atoms with Crippen molar-refractivity contribution in [3.8, 4) is 0 Å². The Balaban J connectivity index is 1.73. The molecule has 0 aliphatic carbocycles. The van der Waals surface area contributed by atoms with E-state index < -0.39 is 0 Å². The molecule has 2 heterocycles. The highest BCUT2D eigenvalue weighted by Crippen LogP contribution is 2.13. The molecule has 1 unspecified atom stereocenters. The first-order valence-corrected chi connectivity index (χ1v) is 8.79. The van der Waals surface area contributed by atoms with Gasteiger partial charge in [0.25, 0.3) is 0 Å². The highest BCUT2D eigenvalue weighted by molar-refractivity contribution is 7.99. The fraction of sp³-hybridized carbons (Fsp3) is 0.929. The quantitative estimate of drug-likeness (QED) is 0.790. The summed E-state index contributed by atoms with van der Waals surface area (Å²) in [7, 11) is 0. The number of piperidine rings is 1. The average Bonchev–Trinajstić information content (AvgIpc) is 2.46. The predicted octanol–water partition coefficient (Wildman–Crippen LogP) is 1.03. The van der Waals surface area contributed by atoms with Gasteiger partial charge in [0.05, 0.1) is 6.04 Å². The molecule has 0 spiro atoms. The van der Waals surface area contributed by atoms with Gasteiger partial charge in [-0.3, -0.25) is 9.69 Å². The van der Waals surface area contributed by atoms with Crippen LogP contribution in [0.2, 0.25) is 0 Å². The third-order valence-corrected chi connectivity index (χ3v) is 4.90. The van der Waals surface area contributed by atoms with Crippen LogP contribution in [0.15, 0.2) is 0 Å². The summed E-state index contributed by atoms with van der Waals surface area (Å²) < 4.78 is 0. The third kappa shape index (κ3) is 4.65. The van der Waals surface area contributed by atoms with Gasteiger partial charge in [0.15, 0.2) is 0 Å². The summed E-state index contributed by atoms with van der Waals surface area (Å²) >= 11 is 2.04. The molecule has 5 heteroatoms. The number of rotatable bonds is 6. The average molecular weight is 285 g/mol. The van der Waals surface area contributed by atoms with Crippen molar-refractivity contribution in [2.75, 3.05) is 50.8 Å². The summed E-state index contributed by atoms with van der Waals surface area (Å²) in [5.41, 5.74) is 0. The van der Waals surface area contributed by atoms with Gasteiger partial charge in [0, 0.05) is 44.2 Å². The Kier molecular flexibility index (Phi) is 6.47. The fourth-order valence-corrected chi connectivity index (χ4v) is 3.74. The van der Waals surface area contributed by atoms with E-state index in [1.165, 1.54) is 24.6 Å². The van der Waals surface area contributed by atoms with Gasteiger partial charge in [-0.1, -0.05) is 6.92 Å². The smallest absolute Gasteiger partial charge is 0.239 e. The van der Waals surface area contributed by atoms with Gasteiger partial charge in [-0.05, 0) is 25.8 Å². The zero-order valence-corrected chi connectivity index (χ0v) is 12.9. The molecule has 0 saturated carbocycles. The molecule has 1 N–H and O–H groups in total. The van der Waals surface area contributed by atoms with Crippen molar-refractivity contribution in [2.24, 2.45) is 0 Å². The number of carbonyl (C=O) groups is 1. The van der Waals surface area contributed by atoms with Gasteiger partial charge in [-0.15, -0.1) is 0 Å². The van der Waals surface area contributed by atoms with Crippen LogP contribution >= 0.6 is 11.8 Å². The molecular weight excluding hydrogens is 258 g/mol. The number of nitrogens with zero attached hydrogens (tertiary/aromatic N) is 2. The summed E-state index contributed by atoms with van der Waals surface area (Å²) in [5, 5.41) is 3.38. The van der Waals surface area contributed by atoms with Gasteiger partial charge in [0.1, 0.15) is 0 Å². The van der Waals surface area contributed by atoms with Crippen molar-refractivity contribution in [1.82, 2.24) is 15.1 Å². The van der Waals surface area contributed by atoms with E-state index in [1.807, 2.05) is 11.8 Å². The molecule has 2 saturated heterocycles. The van der Waals surface area contributed by atoms with E-state index >= 15 is 0 Å². The lowest BCUT2D eigenvalue weighted by Crippen LogP contribution is -2.52. The van der Waals surface area contributed by atoms with Crippen LogP contribution in [-0.2, 0) is 4.79 Å². The van der Waals surface area contributed by atoms with E-state index in [-0.39, 0.29) is 6.04 Å². The van der Waals surface area contributed by atoms with Crippen LogP contribution in [0, 0.1) is 0 Å². The Morgan fingerprint density at radius 1 is 1.26 bits per heavy atom. The van der Waals surface area contributed by atoms with Gasteiger partial charge >= 0.3 is 0 Å². The molecule has 1 amide bonds. The summed E-state index contributed by atoms with van der Waals surface area (Å²) in [4.78, 5) is 16.9. The second-order valence-electron chi connectivity index (χ2n) is 5.43. The molecule has 19 heavy (non-hydrogen) atoms. The Morgan fingerprint density at radius 2 is 2.05 bits per heavy atom. The van der Waals surface area contributed by atoms with Gasteiger partial charge in [0.2, 0.25) is 5.91 Å². The monoisotopic (exact) mass is 285 g/mol. The van der Waals surface area contributed by atoms with Crippen LogP contribution in [0.1, 0.15) is 26.2 Å². The normalized spacial score (nSPS) is 25.8. The zero-order valence-electron chi connectivity index (χ0n) is 12.1. The van der Waals surface area contributed by atoms with Crippen molar-refractivity contribution in [1.29, 1.82) is 0 Å². The minimum atomic E-state index is 0.0746. The number of thioether (sulfide) groups is 1. The van der Waals surface area contributed by atoms with Crippen molar-refractivity contribution in [3.63, 3.8) is 0 Å². The van der Waals surface area contributed by atoms with Crippen LogP contribution in [0.3, 0.4) is 0 Å². The fourth-order valence-electron chi connectivity index (χ4n) is 2.76. The van der Waals surface area contributed by atoms with Gasteiger partial charge in [-0.25, -0.2) is 0 Å². The number of amides is 1. The molecule has 0 aromatic rings. The zero-order chi connectivity index (χ0) is 13.5. The highest BCUT2D eigenvalue weighted by Gasteiger charge is 2.28. The largest absolute Gasteiger partial charge is 0.340 e. The minimum absolute atomic E-state index is 0.0746. The molecule has 4 nitrogen and oxygen atoms in total. The lowest BCUT2D eigenvalue weighted by molar-refractivity contribution is -0.136. The number of nitrogens with one attached hydrogen (secondary N) is 1. The summed E-state index contributed by atoms with van der Waals surface area (Å²) in [6.45, 7) is 8.38. The van der Waals surface area contributed by atoms with E-state index in [1.54, 1.807) is 0 Å². The van der Waals surface area contributed by atoms with E-state index in [2.05, 4.69) is 22.0 Å². The minimum Gasteiger partial charge on any atom is -0.340 e. The Labute approximate surface area is 121 Å². The van der Waals surface area contributed by atoms with Crippen LogP contribution in [0.25, 0.3) is 0 Å². The Bertz CT molecular complexity index is 282. The lowest BCUT2D eigenvalue weighted by Gasteiger charge is -2.35. The molecule has 0 aromatic carbocycles. The highest BCUT2D eigenvalue weighted by atomic mass is 32.2. The lowest BCUT2D eigenvalue weighted by atomic mass is 10.0. The van der Waals surface area contributed by atoms with E-state index in [0.717, 1.165) is 45.4 Å². The van der Waals surface area contributed by atoms with Crippen molar-refractivity contribution < 1.29 is 4.79 Å². The number of hydrogen-bond donors (Lipinski definition) is 1. The molecule has 2 fully saturated rings. The van der Waals surface area contributed by atoms with Crippen LogP contribution in [0.5, 0.6) is 0 Å². The maximum atomic E-state index is 12.3. The number of carbonyl (C=O) groups excluding carboxylic acids is 1. The van der Waals surface area contributed by atoms with E-state index in [0.29, 0.717) is 5.91 Å². The first kappa shape index (κ1) is 15.1. The first-order chi connectivity index (χ1) is 9.31. The molecule has 2 aliphatic rings. The summed E-state index contributed by atoms with van der Waals surface area (Å²) in [6, 6.07) is 0.0746. The molecule has 2 rings (SSSR count). The molecule has 1 atom stereocenters. The molecule has 110 valence electrons. The third-order valence-electron chi connectivity index (χ3n) is 3.96. The predicted molar refractivity (Wildman–Crippen MR) is 81.7 cm³/mol. The van der Waals surface area contributed by atoms with Crippen LogP contribution in [0.4, 0.5) is 0 Å². The van der Waals surface area contributed by atoms with Crippen molar-refractivity contribution in [3.05, 3.63) is 0 Å². The van der Waals surface area contributed by atoms with E-state index in [9.17, 15) is 4.79 Å². The molecular formula is C14H27N3OS. The van der Waals surface area contributed by atoms with E-state index in [4.69, 9.17) is 0 Å². The summed E-state index contributed by atoms with van der Waals surface area (Å²) in [6.07, 6.45) is 3.24. The van der Waals surface area contributed by atoms with Crippen molar-refractivity contribution >= 4 is 17.7 Å². The van der Waals surface area contributed by atoms with Crippen molar-refractivity contribution in [2.45, 2.75) is 32.2 Å². The SMILES string of the molecule is CCCNC1CCCN(CCN2CCSCC2)C1=O. The first-order valence-electron chi connectivity index (χ1n) is 7.63. The van der Waals surface area contributed by atoms with Gasteiger partial charge < -0.3 is 10.2 Å². The second kappa shape index (κ2) is 8.12. The molecule has 0 radical (unpaired) electrons. The standard InChI is InChI=1S/C14H27N3OS/c1-2-5-15-13-4-3-6-17(14(13)18)8-7-16-9-11-19-12-10-16/h13,15H,2-12H2,1H3.